The number of rotatable bonds is 4. The normalized spacial score (nSPS) is 24.9. The molecule has 2 aliphatic heterocycles. The highest BCUT2D eigenvalue weighted by atomic mass is 16.3. The smallest absolute Gasteiger partial charge is 0.269 e. The summed E-state index contributed by atoms with van der Waals surface area (Å²) in [5.41, 5.74) is 1.80. The predicted octanol–water partition coefficient (Wildman–Crippen LogP) is 1.61. The SMILES string of the molecule is CC(c1ccccn1)N1CCCC(n2ncc(N3CC[C@H](O)C3)cc2=O)C1. The number of hydrogen-bond acceptors (Lipinski definition) is 6. The summed E-state index contributed by atoms with van der Waals surface area (Å²) in [6.45, 7) is 5.32. The van der Waals surface area contributed by atoms with Crippen LogP contribution in [0.3, 0.4) is 0 Å². The number of aliphatic hydroxyl groups excluding tert-OH is 1. The third-order valence-electron chi connectivity index (χ3n) is 5.78. The van der Waals surface area contributed by atoms with Crippen LogP contribution in [0.1, 0.15) is 44.0 Å². The number of aliphatic hydroxyl groups is 1. The number of hydrogen-bond donors (Lipinski definition) is 1. The summed E-state index contributed by atoms with van der Waals surface area (Å²) in [6, 6.07) is 7.95. The molecule has 2 aromatic heterocycles. The molecule has 2 aromatic rings. The Kier molecular flexibility index (Phi) is 5.22. The summed E-state index contributed by atoms with van der Waals surface area (Å²) in [6.07, 6.45) is 6.02. The molecule has 2 unspecified atom stereocenters. The number of aromatic nitrogens is 3. The molecule has 144 valence electrons. The van der Waals surface area contributed by atoms with E-state index < -0.39 is 0 Å². The first-order chi connectivity index (χ1) is 13.1. The molecule has 3 atom stereocenters. The lowest BCUT2D eigenvalue weighted by atomic mass is 10.0. The van der Waals surface area contributed by atoms with E-state index in [4.69, 9.17) is 0 Å². The molecule has 0 saturated carbocycles. The molecule has 2 saturated heterocycles. The summed E-state index contributed by atoms with van der Waals surface area (Å²) in [7, 11) is 0. The van der Waals surface area contributed by atoms with Gasteiger partial charge < -0.3 is 10.0 Å². The summed E-state index contributed by atoms with van der Waals surface area (Å²) in [4.78, 5) is 21.6. The van der Waals surface area contributed by atoms with E-state index in [1.807, 2.05) is 23.2 Å². The second-order valence-electron chi connectivity index (χ2n) is 7.61. The van der Waals surface area contributed by atoms with Gasteiger partial charge in [0, 0.05) is 37.9 Å². The van der Waals surface area contributed by atoms with Crippen LogP contribution < -0.4 is 10.5 Å². The van der Waals surface area contributed by atoms with Crippen LogP contribution in [-0.4, -0.2) is 57.1 Å². The Morgan fingerprint density at radius 1 is 1.22 bits per heavy atom. The van der Waals surface area contributed by atoms with E-state index in [0.717, 1.165) is 50.3 Å². The first-order valence-electron chi connectivity index (χ1n) is 9.78. The highest BCUT2D eigenvalue weighted by Gasteiger charge is 2.28. The van der Waals surface area contributed by atoms with Crippen LogP contribution in [0.2, 0.25) is 0 Å². The van der Waals surface area contributed by atoms with Gasteiger partial charge in [0.1, 0.15) is 0 Å². The number of pyridine rings is 1. The Hall–Kier alpha value is -2.25. The molecule has 1 N–H and O–H groups in total. The maximum absolute atomic E-state index is 12.7. The van der Waals surface area contributed by atoms with Gasteiger partial charge in [-0.1, -0.05) is 6.07 Å². The molecular weight excluding hydrogens is 342 g/mol. The van der Waals surface area contributed by atoms with E-state index in [1.54, 1.807) is 16.9 Å². The largest absolute Gasteiger partial charge is 0.391 e. The van der Waals surface area contributed by atoms with Gasteiger partial charge in [-0.25, -0.2) is 4.68 Å². The molecule has 7 nitrogen and oxygen atoms in total. The molecule has 0 bridgehead atoms. The van der Waals surface area contributed by atoms with Crippen molar-refractivity contribution in [3.05, 3.63) is 52.7 Å². The van der Waals surface area contributed by atoms with Gasteiger partial charge in [-0.05, 0) is 44.9 Å². The Labute approximate surface area is 159 Å². The van der Waals surface area contributed by atoms with Crippen molar-refractivity contribution in [3.8, 4) is 0 Å². The van der Waals surface area contributed by atoms with Crippen molar-refractivity contribution >= 4 is 5.69 Å². The first-order valence-corrected chi connectivity index (χ1v) is 9.78. The monoisotopic (exact) mass is 369 g/mol. The minimum atomic E-state index is -0.313. The fourth-order valence-corrected chi connectivity index (χ4v) is 4.18. The lowest BCUT2D eigenvalue weighted by Crippen LogP contribution is -2.42. The molecule has 0 radical (unpaired) electrons. The number of β-amino-alcohol motifs (C(OH)–C–C–N with tert-alkyl or cyclic N) is 1. The van der Waals surface area contributed by atoms with E-state index in [0.29, 0.717) is 6.54 Å². The summed E-state index contributed by atoms with van der Waals surface area (Å²) in [5.74, 6) is 0. The highest BCUT2D eigenvalue weighted by molar-refractivity contribution is 5.44. The van der Waals surface area contributed by atoms with Crippen molar-refractivity contribution in [1.29, 1.82) is 0 Å². The standard InChI is InChI=1S/C20H27N5O2/c1-15(19-6-2-3-8-21-19)23-9-4-5-16(13-23)25-20(27)11-17(12-22-25)24-10-7-18(26)14-24/h2-3,6,8,11-12,15-16,18,26H,4-5,7,9-10,13-14H2,1H3/t15?,16?,18-/m0/s1. The molecule has 0 spiro atoms. The number of piperidine rings is 1. The van der Waals surface area contributed by atoms with Crippen molar-refractivity contribution in [2.45, 2.75) is 44.4 Å². The number of likely N-dealkylation sites (tertiary alicyclic amines) is 1. The first kappa shape index (κ1) is 18.1. The quantitative estimate of drug-likeness (QED) is 0.883. The molecule has 2 fully saturated rings. The Balaban J connectivity index is 1.49. The fraction of sp³-hybridized carbons (Fsp3) is 0.550. The van der Waals surface area contributed by atoms with Crippen LogP contribution in [0.5, 0.6) is 0 Å². The van der Waals surface area contributed by atoms with Crippen LogP contribution in [-0.2, 0) is 0 Å². The van der Waals surface area contributed by atoms with E-state index in [1.165, 1.54) is 0 Å². The van der Waals surface area contributed by atoms with E-state index in [2.05, 4.69) is 28.0 Å². The average molecular weight is 369 g/mol. The van der Waals surface area contributed by atoms with Crippen LogP contribution in [0.4, 0.5) is 5.69 Å². The Bertz CT molecular complexity index is 825. The van der Waals surface area contributed by atoms with Gasteiger partial charge in [0.25, 0.3) is 5.56 Å². The molecule has 7 heteroatoms. The Morgan fingerprint density at radius 2 is 2.11 bits per heavy atom. The van der Waals surface area contributed by atoms with Crippen molar-refractivity contribution < 1.29 is 5.11 Å². The maximum atomic E-state index is 12.7. The van der Waals surface area contributed by atoms with Crippen molar-refractivity contribution in [3.63, 3.8) is 0 Å². The van der Waals surface area contributed by atoms with Crippen LogP contribution in [0, 0.1) is 0 Å². The molecule has 27 heavy (non-hydrogen) atoms. The van der Waals surface area contributed by atoms with Gasteiger partial charge >= 0.3 is 0 Å². The second kappa shape index (κ2) is 7.78. The number of nitrogens with zero attached hydrogens (tertiary/aromatic N) is 5. The van der Waals surface area contributed by atoms with Crippen LogP contribution in [0.15, 0.2) is 41.5 Å². The fourth-order valence-electron chi connectivity index (χ4n) is 4.18. The average Bonchev–Trinajstić information content (AvgIpc) is 3.14. The van der Waals surface area contributed by atoms with Gasteiger partial charge in [-0.3, -0.25) is 14.7 Å². The van der Waals surface area contributed by atoms with Crippen LogP contribution in [0.25, 0.3) is 0 Å². The van der Waals surface area contributed by atoms with Crippen molar-refractivity contribution in [2.75, 3.05) is 31.1 Å². The summed E-state index contributed by atoms with van der Waals surface area (Å²) in [5, 5.41) is 14.2. The number of anilines is 1. The zero-order valence-corrected chi connectivity index (χ0v) is 15.7. The van der Waals surface area contributed by atoms with Crippen molar-refractivity contribution in [1.82, 2.24) is 19.7 Å². The highest BCUT2D eigenvalue weighted by Crippen LogP contribution is 2.27. The lowest BCUT2D eigenvalue weighted by Gasteiger charge is -2.36. The zero-order valence-electron chi connectivity index (χ0n) is 15.7. The zero-order chi connectivity index (χ0) is 18.8. The third-order valence-corrected chi connectivity index (χ3v) is 5.78. The minimum Gasteiger partial charge on any atom is -0.391 e. The van der Waals surface area contributed by atoms with Gasteiger partial charge in [0.2, 0.25) is 0 Å². The summed E-state index contributed by atoms with van der Waals surface area (Å²) < 4.78 is 1.63. The second-order valence-corrected chi connectivity index (χ2v) is 7.61. The minimum absolute atomic E-state index is 0.0637. The Morgan fingerprint density at radius 3 is 2.81 bits per heavy atom. The topological polar surface area (TPSA) is 74.5 Å². The van der Waals surface area contributed by atoms with E-state index in [9.17, 15) is 9.90 Å². The predicted molar refractivity (Wildman–Crippen MR) is 104 cm³/mol. The van der Waals surface area contributed by atoms with Gasteiger partial charge in [0.05, 0.1) is 29.7 Å². The molecule has 0 amide bonds. The lowest BCUT2D eigenvalue weighted by molar-refractivity contribution is 0.125. The maximum Gasteiger partial charge on any atom is 0.269 e. The van der Waals surface area contributed by atoms with Gasteiger partial charge in [-0.15, -0.1) is 0 Å². The molecule has 2 aliphatic rings. The molecule has 4 heterocycles. The molecular formula is C20H27N5O2. The van der Waals surface area contributed by atoms with Crippen molar-refractivity contribution in [2.24, 2.45) is 0 Å². The molecule has 4 rings (SSSR count). The van der Waals surface area contributed by atoms with Gasteiger partial charge in [-0.2, -0.15) is 5.10 Å². The van der Waals surface area contributed by atoms with Crippen LogP contribution >= 0.6 is 0 Å². The molecule has 0 aromatic carbocycles. The summed E-state index contributed by atoms with van der Waals surface area (Å²) >= 11 is 0. The third kappa shape index (κ3) is 3.89. The van der Waals surface area contributed by atoms with E-state index in [-0.39, 0.29) is 23.7 Å². The van der Waals surface area contributed by atoms with Gasteiger partial charge in [0.15, 0.2) is 0 Å². The molecule has 0 aliphatic carbocycles. The van der Waals surface area contributed by atoms with E-state index >= 15 is 0 Å².